The summed E-state index contributed by atoms with van der Waals surface area (Å²) in [6.45, 7) is 3.10. The van der Waals surface area contributed by atoms with E-state index in [0.717, 1.165) is 19.3 Å². The molecule has 8 nitrogen and oxygen atoms in total. The van der Waals surface area contributed by atoms with E-state index in [1.54, 1.807) is 26.3 Å². The van der Waals surface area contributed by atoms with E-state index in [1.165, 1.54) is 6.34 Å². The number of carbonyl (C=O) groups is 1. The first-order valence-electron chi connectivity index (χ1n) is 9.62. The fourth-order valence-corrected chi connectivity index (χ4v) is 4.02. The van der Waals surface area contributed by atoms with Gasteiger partial charge in [-0.1, -0.05) is 6.92 Å². The lowest BCUT2D eigenvalue weighted by atomic mass is 9.74. The van der Waals surface area contributed by atoms with Crippen molar-refractivity contribution in [2.24, 2.45) is 21.6 Å². The minimum Gasteiger partial charge on any atom is -0.490 e. The number of fused-ring (bicyclic) bond motifs is 2. The zero-order chi connectivity index (χ0) is 20.1. The van der Waals surface area contributed by atoms with Gasteiger partial charge in [-0.2, -0.15) is 0 Å². The molecule has 0 aromatic heterocycles. The number of amides is 2. The Morgan fingerprint density at radius 2 is 2.11 bits per heavy atom. The Labute approximate surface area is 167 Å². The van der Waals surface area contributed by atoms with Crippen molar-refractivity contribution < 1.29 is 15.7 Å². The van der Waals surface area contributed by atoms with Crippen LogP contribution in [-0.2, 0) is 4.74 Å². The summed E-state index contributed by atoms with van der Waals surface area (Å²) in [5.74, 6) is 1.54. The molecule has 0 radical (unpaired) electrons. The van der Waals surface area contributed by atoms with E-state index in [1.807, 2.05) is 11.0 Å². The van der Waals surface area contributed by atoms with Gasteiger partial charge in [0, 0.05) is 33.4 Å². The number of benzene rings is 1. The van der Waals surface area contributed by atoms with Crippen molar-refractivity contribution in [3.63, 3.8) is 0 Å². The Hall–Kier alpha value is -2.61. The molecule has 0 saturated carbocycles. The van der Waals surface area contributed by atoms with E-state index in [4.69, 9.17) is 15.2 Å². The van der Waals surface area contributed by atoms with E-state index in [2.05, 4.69) is 22.2 Å². The van der Waals surface area contributed by atoms with E-state index in [-0.39, 0.29) is 13.3 Å². The molecule has 2 unspecified atom stereocenters. The summed E-state index contributed by atoms with van der Waals surface area (Å²) < 4.78 is 10.8. The molecule has 2 aliphatic rings. The first kappa shape index (κ1) is 20.1. The topological polar surface area (TPSA) is 102 Å². The summed E-state index contributed by atoms with van der Waals surface area (Å²) >= 11 is 0. The first-order valence-corrected chi connectivity index (χ1v) is 9.62. The van der Waals surface area contributed by atoms with Crippen LogP contribution in [0, 0.1) is 5.92 Å². The zero-order valence-electron chi connectivity index (χ0n) is 16.7. The zero-order valence-corrected chi connectivity index (χ0v) is 16.7. The summed E-state index contributed by atoms with van der Waals surface area (Å²) in [4.78, 5) is 22.7. The molecule has 8 heteroatoms. The molecule has 3 N–H and O–H groups in total. The second-order valence-electron chi connectivity index (χ2n) is 7.40. The molecule has 28 heavy (non-hydrogen) atoms. The van der Waals surface area contributed by atoms with Gasteiger partial charge in [-0.15, -0.1) is 0 Å². The molecule has 2 aliphatic heterocycles. The smallest absolute Gasteiger partial charge is 0.322 e. The van der Waals surface area contributed by atoms with Gasteiger partial charge >= 0.3 is 6.03 Å². The highest BCUT2D eigenvalue weighted by molar-refractivity contribution is 6.04. The number of amidine groups is 1. The van der Waals surface area contributed by atoms with Gasteiger partial charge in [-0.05, 0) is 43.4 Å². The van der Waals surface area contributed by atoms with Crippen molar-refractivity contribution in [1.82, 2.24) is 4.90 Å². The van der Waals surface area contributed by atoms with E-state index >= 15 is 0 Å². The Bertz CT molecular complexity index is 758. The van der Waals surface area contributed by atoms with Crippen LogP contribution in [0.3, 0.4) is 0 Å². The fourth-order valence-electron chi connectivity index (χ4n) is 4.02. The molecule has 3 rings (SSSR count). The van der Waals surface area contributed by atoms with E-state index < -0.39 is 0 Å². The van der Waals surface area contributed by atoms with Gasteiger partial charge in [0.1, 0.15) is 24.5 Å². The average molecular weight is 390 g/mol. The number of carbonyl (C=O) groups excluding carboxylic acids is 1. The Balaban J connectivity index is 0.00000300. The van der Waals surface area contributed by atoms with Crippen LogP contribution < -0.4 is 15.8 Å². The number of anilines is 1. The molecule has 0 aliphatic carbocycles. The van der Waals surface area contributed by atoms with Crippen LogP contribution in [0.2, 0.25) is 0 Å². The summed E-state index contributed by atoms with van der Waals surface area (Å²) in [6.07, 6.45) is 4.65. The third-order valence-corrected chi connectivity index (χ3v) is 5.28. The van der Waals surface area contributed by atoms with Crippen molar-refractivity contribution in [3.05, 3.63) is 23.8 Å². The molecule has 1 aromatic rings. The molecule has 2 heterocycles. The molecule has 2 atom stereocenters. The first-order chi connectivity index (χ1) is 13.5. The highest BCUT2D eigenvalue weighted by Crippen LogP contribution is 2.41. The lowest BCUT2D eigenvalue weighted by molar-refractivity contribution is -0.00601. The van der Waals surface area contributed by atoms with Crippen molar-refractivity contribution in [3.8, 4) is 5.75 Å². The second-order valence-corrected chi connectivity index (χ2v) is 7.40. The standard InChI is InChI=1S/C20H29N5O3.H2/c1-13-8-15-11-16(9-13)25(15)20(26)24-14-4-5-18(28-7-6-27-3)17(10-14)19(21)23-12-22-2;/h4-5,10,12-13,15-16H,6-9,11H2,1-3H3,(H,24,26)(H2,21,22,23);1H. The van der Waals surface area contributed by atoms with Gasteiger partial charge < -0.3 is 25.4 Å². The molecule has 2 fully saturated rings. The van der Waals surface area contributed by atoms with Crippen LogP contribution in [0.5, 0.6) is 5.75 Å². The van der Waals surface area contributed by atoms with Gasteiger partial charge in [0.25, 0.3) is 0 Å². The predicted octanol–water partition coefficient (Wildman–Crippen LogP) is 2.73. The third-order valence-electron chi connectivity index (χ3n) is 5.28. The number of aliphatic imine (C=N–C) groups is 2. The highest BCUT2D eigenvalue weighted by atomic mass is 16.5. The molecular weight excluding hydrogens is 358 g/mol. The predicted molar refractivity (Wildman–Crippen MR) is 113 cm³/mol. The van der Waals surface area contributed by atoms with Crippen molar-refractivity contribution in [2.75, 3.05) is 32.7 Å². The molecule has 1 aromatic carbocycles. The third kappa shape index (κ3) is 4.44. The van der Waals surface area contributed by atoms with Crippen molar-refractivity contribution >= 4 is 23.9 Å². The van der Waals surface area contributed by atoms with Crippen LogP contribution >= 0.6 is 0 Å². The SMILES string of the molecule is CN=CN=C(N)c1cc(NC(=O)N2C3CC(C)CC2C3)ccc1OCCOC.[HH]. The summed E-state index contributed by atoms with van der Waals surface area (Å²) in [5.41, 5.74) is 7.36. The molecule has 2 saturated heterocycles. The van der Waals surface area contributed by atoms with E-state index in [9.17, 15) is 4.79 Å². The van der Waals surface area contributed by atoms with Crippen LogP contribution in [0.25, 0.3) is 0 Å². The molecule has 154 valence electrons. The minimum absolute atomic E-state index is 0. The number of methoxy groups -OCH3 is 1. The average Bonchev–Trinajstić information content (AvgIpc) is 2.66. The highest BCUT2D eigenvalue weighted by Gasteiger charge is 2.46. The van der Waals surface area contributed by atoms with Gasteiger partial charge in [0.2, 0.25) is 0 Å². The lowest BCUT2D eigenvalue weighted by Crippen LogP contribution is -2.63. The maximum absolute atomic E-state index is 12.7. The summed E-state index contributed by atoms with van der Waals surface area (Å²) in [6, 6.07) is 6.03. The quantitative estimate of drug-likeness (QED) is 0.425. The van der Waals surface area contributed by atoms with Gasteiger partial charge in [0.15, 0.2) is 0 Å². The number of nitrogens with one attached hydrogen (secondary N) is 1. The number of hydrogen-bond acceptors (Lipinski definition) is 4. The Morgan fingerprint density at radius 1 is 1.36 bits per heavy atom. The Morgan fingerprint density at radius 3 is 2.79 bits per heavy atom. The van der Waals surface area contributed by atoms with Crippen LogP contribution in [0.1, 0.15) is 33.2 Å². The van der Waals surface area contributed by atoms with Crippen LogP contribution in [0.15, 0.2) is 28.2 Å². The molecule has 2 amide bonds. The van der Waals surface area contributed by atoms with Crippen LogP contribution in [-0.4, -0.2) is 62.6 Å². The number of urea groups is 1. The number of nitrogens with zero attached hydrogens (tertiary/aromatic N) is 3. The largest absolute Gasteiger partial charge is 0.490 e. The number of rotatable bonds is 7. The number of piperidine rings is 1. The molecule has 2 bridgehead atoms. The maximum atomic E-state index is 12.7. The number of ether oxygens (including phenoxy) is 2. The summed E-state index contributed by atoms with van der Waals surface area (Å²) in [5, 5.41) is 3.00. The maximum Gasteiger partial charge on any atom is 0.322 e. The van der Waals surface area contributed by atoms with E-state index in [0.29, 0.717) is 48.2 Å². The van der Waals surface area contributed by atoms with Gasteiger partial charge in [-0.3, -0.25) is 4.99 Å². The van der Waals surface area contributed by atoms with Crippen molar-refractivity contribution in [2.45, 2.75) is 38.3 Å². The minimum atomic E-state index is -0.0576. The van der Waals surface area contributed by atoms with Gasteiger partial charge in [0.05, 0.1) is 12.2 Å². The second kappa shape index (κ2) is 9.05. The van der Waals surface area contributed by atoms with Gasteiger partial charge in [-0.25, -0.2) is 9.79 Å². The fraction of sp³-hybridized carbons (Fsp3) is 0.550. The van der Waals surface area contributed by atoms with Crippen LogP contribution in [0.4, 0.5) is 10.5 Å². The van der Waals surface area contributed by atoms with Crippen molar-refractivity contribution in [1.29, 1.82) is 0 Å². The monoisotopic (exact) mass is 389 g/mol. The Kier molecular flexibility index (Phi) is 6.51. The normalized spacial score (nSPS) is 24.2. The lowest BCUT2D eigenvalue weighted by Gasteiger charge is -2.54. The molecular formula is C20H31N5O3. The number of nitrogens with two attached hydrogens (primary N) is 1. The summed E-state index contributed by atoms with van der Waals surface area (Å²) in [7, 11) is 3.23. The molecule has 0 spiro atoms. The number of hydrogen-bond donors (Lipinski definition) is 2.